The molecular formula is C17H33Cl2N3O. The molecule has 5 unspecified atom stereocenters. The molecule has 1 aliphatic heterocycles. The molecule has 0 aromatic heterocycles. The molecule has 3 rings (SSSR count). The summed E-state index contributed by atoms with van der Waals surface area (Å²) in [5.41, 5.74) is 6.26. The first kappa shape index (κ1) is 21.0. The number of rotatable bonds is 5. The summed E-state index contributed by atoms with van der Waals surface area (Å²) >= 11 is 0. The number of amides is 1. The van der Waals surface area contributed by atoms with Crippen molar-refractivity contribution in [2.75, 3.05) is 26.2 Å². The zero-order chi connectivity index (χ0) is 15.0. The van der Waals surface area contributed by atoms with E-state index in [-0.39, 0.29) is 42.7 Å². The van der Waals surface area contributed by atoms with E-state index in [0.717, 1.165) is 19.0 Å². The van der Waals surface area contributed by atoms with Crippen LogP contribution in [0.2, 0.25) is 0 Å². The second kappa shape index (κ2) is 8.89. The van der Waals surface area contributed by atoms with Gasteiger partial charge in [0.2, 0.25) is 5.91 Å². The lowest BCUT2D eigenvalue weighted by molar-refractivity contribution is -0.127. The quantitative estimate of drug-likeness (QED) is 0.785. The van der Waals surface area contributed by atoms with Gasteiger partial charge < -0.3 is 16.0 Å². The zero-order valence-electron chi connectivity index (χ0n) is 14.4. The lowest BCUT2D eigenvalue weighted by atomic mass is 9.84. The molecule has 3 fully saturated rings. The zero-order valence-corrected chi connectivity index (χ0v) is 16.0. The summed E-state index contributed by atoms with van der Waals surface area (Å²) in [6, 6.07) is 0.116. The van der Waals surface area contributed by atoms with Gasteiger partial charge in [0.05, 0.1) is 5.92 Å². The van der Waals surface area contributed by atoms with E-state index in [1.807, 2.05) is 0 Å². The van der Waals surface area contributed by atoms with E-state index >= 15 is 0 Å². The predicted octanol–water partition coefficient (Wildman–Crippen LogP) is 2.30. The molecule has 0 aromatic rings. The predicted molar refractivity (Wildman–Crippen MR) is 99.2 cm³/mol. The van der Waals surface area contributed by atoms with Crippen LogP contribution in [0, 0.1) is 29.6 Å². The second-order valence-corrected chi connectivity index (χ2v) is 7.99. The lowest BCUT2D eigenvalue weighted by Crippen LogP contribution is -2.46. The summed E-state index contributed by atoms with van der Waals surface area (Å²) in [7, 11) is 0. The van der Waals surface area contributed by atoms with Crippen LogP contribution in [-0.2, 0) is 4.79 Å². The Morgan fingerprint density at radius 3 is 2.52 bits per heavy atom. The molecule has 23 heavy (non-hydrogen) atoms. The van der Waals surface area contributed by atoms with Gasteiger partial charge in [-0.05, 0) is 55.9 Å². The van der Waals surface area contributed by atoms with Crippen LogP contribution in [0.5, 0.6) is 0 Å². The van der Waals surface area contributed by atoms with Gasteiger partial charge in [-0.15, -0.1) is 24.8 Å². The number of likely N-dealkylation sites (tertiary alicyclic amines) is 1. The molecule has 2 aliphatic carbocycles. The van der Waals surface area contributed by atoms with E-state index in [2.05, 4.69) is 24.1 Å². The third-order valence-corrected chi connectivity index (χ3v) is 5.84. The molecule has 0 radical (unpaired) electrons. The van der Waals surface area contributed by atoms with Gasteiger partial charge in [-0.1, -0.05) is 13.8 Å². The Morgan fingerprint density at radius 1 is 1.22 bits per heavy atom. The molecule has 2 saturated carbocycles. The van der Waals surface area contributed by atoms with Crippen molar-refractivity contribution in [1.82, 2.24) is 10.2 Å². The fourth-order valence-electron chi connectivity index (χ4n) is 4.85. The molecule has 3 N–H and O–H groups in total. The van der Waals surface area contributed by atoms with Gasteiger partial charge in [-0.3, -0.25) is 4.79 Å². The normalized spacial score (nSPS) is 35.9. The Kier molecular flexibility index (Phi) is 8.12. The fourth-order valence-corrected chi connectivity index (χ4v) is 4.85. The molecule has 0 spiro atoms. The van der Waals surface area contributed by atoms with Crippen LogP contribution in [0.3, 0.4) is 0 Å². The van der Waals surface area contributed by atoms with Gasteiger partial charge in [0, 0.05) is 25.7 Å². The number of hydrogen-bond acceptors (Lipinski definition) is 3. The van der Waals surface area contributed by atoms with Crippen molar-refractivity contribution < 1.29 is 4.79 Å². The maximum Gasteiger partial charge on any atom is 0.224 e. The van der Waals surface area contributed by atoms with Crippen molar-refractivity contribution >= 4 is 30.7 Å². The summed E-state index contributed by atoms with van der Waals surface area (Å²) in [6.45, 7) is 8.89. The molecule has 0 aromatic carbocycles. The molecule has 136 valence electrons. The summed E-state index contributed by atoms with van der Waals surface area (Å²) in [5, 5.41) is 3.21. The molecule has 2 bridgehead atoms. The van der Waals surface area contributed by atoms with Gasteiger partial charge in [-0.2, -0.15) is 0 Å². The average Bonchev–Trinajstić information content (AvgIpc) is 3.11. The van der Waals surface area contributed by atoms with Crippen molar-refractivity contribution in [2.24, 2.45) is 35.3 Å². The highest BCUT2D eigenvalue weighted by atomic mass is 35.5. The number of nitrogens with two attached hydrogens (primary N) is 1. The first-order valence-corrected chi connectivity index (χ1v) is 8.80. The minimum Gasteiger partial charge on any atom is -0.355 e. The summed E-state index contributed by atoms with van der Waals surface area (Å²) in [5.74, 6) is 2.85. The molecule has 3 aliphatic rings. The van der Waals surface area contributed by atoms with Gasteiger partial charge in [0.15, 0.2) is 0 Å². The van der Waals surface area contributed by atoms with Gasteiger partial charge in [0.25, 0.3) is 0 Å². The minimum atomic E-state index is 0. The van der Waals surface area contributed by atoms with Crippen molar-refractivity contribution in [3.63, 3.8) is 0 Å². The van der Waals surface area contributed by atoms with E-state index in [1.54, 1.807) is 0 Å². The molecular weight excluding hydrogens is 333 g/mol. The smallest absolute Gasteiger partial charge is 0.224 e. The number of carbonyl (C=O) groups is 1. The summed E-state index contributed by atoms with van der Waals surface area (Å²) < 4.78 is 0. The topological polar surface area (TPSA) is 58.4 Å². The highest BCUT2D eigenvalue weighted by Crippen LogP contribution is 2.47. The van der Waals surface area contributed by atoms with Crippen molar-refractivity contribution in [2.45, 2.75) is 45.6 Å². The lowest BCUT2D eigenvalue weighted by Gasteiger charge is -2.27. The molecule has 1 saturated heterocycles. The molecule has 1 heterocycles. The number of nitrogens with one attached hydrogen (secondary N) is 1. The Bertz CT molecular complexity index is 392. The van der Waals surface area contributed by atoms with E-state index < -0.39 is 0 Å². The number of nitrogens with zero attached hydrogens (tertiary/aromatic N) is 1. The van der Waals surface area contributed by atoms with E-state index in [1.165, 1.54) is 38.8 Å². The second-order valence-electron chi connectivity index (χ2n) is 7.99. The van der Waals surface area contributed by atoms with Crippen LogP contribution in [0.1, 0.15) is 39.5 Å². The van der Waals surface area contributed by atoms with E-state index in [9.17, 15) is 4.79 Å². The fraction of sp³-hybridized carbons (Fsp3) is 0.941. The Labute approximate surface area is 153 Å². The monoisotopic (exact) mass is 365 g/mol. The number of halogens is 2. The third kappa shape index (κ3) is 4.75. The first-order chi connectivity index (χ1) is 10.0. The Morgan fingerprint density at radius 2 is 1.91 bits per heavy atom. The van der Waals surface area contributed by atoms with E-state index in [0.29, 0.717) is 17.8 Å². The van der Waals surface area contributed by atoms with E-state index in [4.69, 9.17) is 5.73 Å². The van der Waals surface area contributed by atoms with Gasteiger partial charge in [0.1, 0.15) is 0 Å². The number of fused-ring (bicyclic) bond motifs is 2. The highest BCUT2D eigenvalue weighted by molar-refractivity contribution is 5.85. The standard InChI is InChI=1S/C17H31N3O.2ClH/c1-11(2)9-20-6-5-12(10-20)8-19-17(21)15-13-3-4-14(7-13)16(15)18;;/h11-16H,3-10,18H2,1-2H3,(H,19,21);2*1H. The molecule has 5 atom stereocenters. The maximum atomic E-state index is 12.5. The maximum absolute atomic E-state index is 12.5. The van der Waals surface area contributed by atoms with Crippen LogP contribution < -0.4 is 11.1 Å². The number of carbonyl (C=O) groups excluding carboxylic acids is 1. The largest absolute Gasteiger partial charge is 0.355 e. The average molecular weight is 366 g/mol. The summed E-state index contributed by atoms with van der Waals surface area (Å²) in [6.07, 6.45) is 4.85. The first-order valence-electron chi connectivity index (χ1n) is 8.80. The van der Waals surface area contributed by atoms with Gasteiger partial charge in [-0.25, -0.2) is 0 Å². The van der Waals surface area contributed by atoms with Crippen LogP contribution in [0.25, 0.3) is 0 Å². The Hall–Kier alpha value is -0.0300. The van der Waals surface area contributed by atoms with Crippen LogP contribution in [0.15, 0.2) is 0 Å². The Balaban J connectivity index is 0.00000132. The third-order valence-electron chi connectivity index (χ3n) is 5.84. The van der Waals surface area contributed by atoms with Gasteiger partial charge >= 0.3 is 0 Å². The SMILES string of the molecule is CC(C)CN1CCC(CNC(=O)C2C3CCC(C3)C2N)C1.Cl.Cl. The van der Waals surface area contributed by atoms with Crippen molar-refractivity contribution in [3.05, 3.63) is 0 Å². The van der Waals surface area contributed by atoms with Crippen LogP contribution >= 0.6 is 24.8 Å². The molecule has 1 amide bonds. The highest BCUT2D eigenvalue weighted by Gasteiger charge is 2.49. The van der Waals surface area contributed by atoms with Crippen LogP contribution in [-0.4, -0.2) is 43.0 Å². The summed E-state index contributed by atoms with van der Waals surface area (Å²) in [4.78, 5) is 15.0. The van der Waals surface area contributed by atoms with Crippen molar-refractivity contribution in [3.8, 4) is 0 Å². The van der Waals surface area contributed by atoms with Crippen LogP contribution in [0.4, 0.5) is 0 Å². The molecule has 4 nitrogen and oxygen atoms in total. The molecule has 6 heteroatoms. The number of hydrogen-bond donors (Lipinski definition) is 2. The minimum absolute atomic E-state index is 0. The van der Waals surface area contributed by atoms with Crippen molar-refractivity contribution in [1.29, 1.82) is 0 Å².